The van der Waals surface area contributed by atoms with Crippen molar-refractivity contribution in [2.45, 2.75) is 6.61 Å². The van der Waals surface area contributed by atoms with Crippen molar-refractivity contribution in [3.8, 4) is 5.75 Å². The van der Waals surface area contributed by atoms with Crippen LogP contribution < -0.4 is 10.1 Å². The van der Waals surface area contributed by atoms with Crippen LogP contribution in [0.4, 0.5) is 0 Å². The molecule has 0 saturated carbocycles. The molecule has 0 unspecified atom stereocenters. The third kappa shape index (κ3) is 3.61. The average molecular weight is 306 g/mol. The van der Waals surface area contributed by atoms with Crippen molar-refractivity contribution in [1.29, 1.82) is 0 Å². The second kappa shape index (κ2) is 6.83. The fraction of sp³-hybridized carbons (Fsp3) is 0.105. The van der Waals surface area contributed by atoms with E-state index in [1.54, 1.807) is 6.08 Å². The highest BCUT2D eigenvalue weighted by Crippen LogP contribution is 2.22. The molecule has 2 aromatic carbocycles. The number of benzene rings is 2. The minimum absolute atomic E-state index is 0.146. The first-order chi connectivity index (χ1) is 11.3. The van der Waals surface area contributed by atoms with E-state index in [9.17, 15) is 4.79 Å². The molecule has 3 rings (SSSR count). The smallest absolute Gasteiger partial charge is 0.267 e. The van der Waals surface area contributed by atoms with E-state index < -0.39 is 0 Å². The predicted octanol–water partition coefficient (Wildman–Crippen LogP) is 3.66. The largest absolute Gasteiger partial charge is 0.489 e. The molecule has 0 radical (unpaired) electrons. The molecule has 4 nitrogen and oxygen atoms in total. The molecule has 0 saturated heterocycles. The number of amides is 1. The predicted molar refractivity (Wildman–Crippen MR) is 91.6 cm³/mol. The topological polar surface area (TPSA) is 54.1 Å². The normalized spacial score (nSPS) is 10.4. The van der Waals surface area contributed by atoms with Gasteiger partial charge in [-0.25, -0.2) is 0 Å². The van der Waals surface area contributed by atoms with Crippen molar-refractivity contribution in [3.05, 3.63) is 78.5 Å². The van der Waals surface area contributed by atoms with Crippen LogP contribution in [-0.2, 0) is 6.61 Å². The summed E-state index contributed by atoms with van der Waals surface area (Å²) in [4.78, 5) is 15.1. The molecule has 3 aromatic rings. The second-order valence-corrected chi connectivity index (χ2v) is 5.21. The third-order valence-electron chi connectivity index (χ3n) is 3.49. The molecule has 1 heterocycles. The Balaban J connectivity index is 1.73. The molecule has 0 aliphatic carbocycles. The SMILES string of the molecule is C=CCNC(=O)c1cc2ccc(OCc3ccccc3)cc2[nH]1. The molecule has 1 amide bonds. The lowest BCUT2D eigenvalue weighted by molar-refractivity contribution is 0.0954. The van der Waals surface area contributed by atoms with Gasteiger partial charge in [-0.05, 0) is 23.8 Å². The summed E-state index contributed by atoms with van der Waals surface area (Å²) < 4.78 is 5.80. The van der Waals surface area contributed by atoms with Crippen LogP contribution >= 0.6 is 0 Å². The van der Waals surface area contributed by atoms with Gasteiger partial charge in [-0.15, -0.1) is 6.58 Å². The summed E-state index contributed by atoms with van der Waals surface area (Å²) in [5, 5.41) is 3.72. The van der Waals surface area contributed by atoms with Gasteiger partial charge in [-0.1, -0.05) is 36.4 Å². The molecule has 23 heavy (non-hydrogen) atoms. The van der Waals surface area contributed by atoms with Crippen LogP contribution in [0.2, 0.25) is 0 Å². The fourth-order valence-electron chi connectivity index (χ4n) is 2.32. The first-order valence-corrected chi connectivity index (χ1v) is 7.45. The zero-order chi connectivity index (χ0) is 16.1. The van der Waals surface area contributed by atoms with Crippen molar-refractivity contribution in [2.24, 2.45) is 0 Å². The quantitative estimate of drug-likeness (QED) is 0.683. The van der Waals surface area contributed by atoms with Gasteiger partial charge in [-0.3, -0.25) is 4.79 Å². The van der Waals surface area contributed by atoms with E-state index in [0.29, 0.717) is 18.8 Å². The van der Waals surface area contributed by atoms with Crippen LogP contribution in [0.25, 0.3) is 10.9 Å². The van der Waals surface area contributed by atoms with Gasteiger partial charge in [0.25, 0.3) is 5.91 Å². The lowest BCUT2D eigenvalue weighted by Crippen LogP contribution is -2.23. The maximum absolute atomic E-state index is 11.9. The van der Waals surface area contributed by atoms with Gasteiger partial charge in [0.2, 0.25) is 0 Å². The number of carbonyl (C=O) groups excluding carboxylic acids is 1. The molecule has 116 valence electrons. The zero-order valence-corrected chi connectivity index (χ0v) is 12.7. The summed E-state index contributed by atoms with van der Waals surface area (Å²) in [6, 6.07) is 17.6. The number of rotatable bonds is 6. The van der Waals surface area contributed by atoms with E-state index in [-0.39, 0.29) is 5.91 Å². The monoisotopic (exact) mass is 306 g/mol. The molecular weight excluding hydrogens is 288 g/mol. The number of hydrogen-bond donors (Lipinski definition) is 2. The van der Waals surface area contributed by atoms with Crippen LogP contribution in [0.5, 0.6) is 5.75 Å². The average Bonchev–Trinajstić information content (AvgIpc) is 3.02. The number of aromatic amines is 1. The summed E-state index contributed by atoms with van der Waals surface area (Å²) in [7, 11) is 0. The van der Waals surface area contributed by atoms with E-state index in [1.165, 1.54) is 0 Å². The Kier molecular flexibility index (Phi) is 4.43. The Bertz CT molecular complexity index is 822. The van der Waals surface area contributed by atoms with Crippen LogP contribution in [0.3, 0.4) is 0 Å². The summed E-state index contributed by atoms with van der Waals surface area (Å²) >= 11 is 0. The van der Waals surface area contributed by atoms with Gasteiger partial charge in [0.15, 0.2) is 0 Å². The maximum Gasteiger partial charge on any atom is 0.267 e. The maximum atomic E-state index is 11.9. The summed E-state index contributed by atoms with van der Waals surface area (Å²) in [6.07, 6.45) is 1.65. The highest BCUT2D eigenvalue weighted by molar-refractivity contribution is 5.98. The minimum atomic E-state index is -0.146. The van der Waals surface area contributed by atoms with E-state index in [2.05, 4.69) is 16.9 Å². The van der Waals surface area contributed by atoms with Crippen molar-refractivity contribution in [3.63, 3.8) is 0 Å². The van der Waals surface area contributed by atoms with Crippen molar-refractivity contribution < 1.29 is 9.53 Å². The standard InChI is InChI=1S/C19H18N2O2/c1-2-10-20-19(22)18-11-15-8-9-16(12-17(15)21-18)23-13-14-6-4-3-5-7-14/h2-9,11-12,21H,1,10,13H2,(H,20,22). The first kappa shape index (κ1) is 14.9. The van der Waals surface area contributed by atoms with E-state index in [1.807, 2.05) is 54.6 Å². The van der Waals surface area contributed by atoms with Crippen LogP contribution in [0.15, 0.2) is 67.3 Å². The third-order valence-corrected chi connectivity index (χ3v) is 3.49. The van der Waals surface area contributed by atoms with E-state index in [0.717, 1.165) is 22.2 Å². The minimum Gasteiger partial charge on any atom is -0.489 e. The number of hydrogen-bond acceptors (Lipinski definition) is 2. The Hall–Kier alpha value is -3.01. The Morgan fingerprint density at radius 3 is 2.78 bits per heavy atom. The molecule has 0 spiro atoms. The van der Waals surface area contributed by atoms with E-state index >= 15 is 0 Å². The number of nitrogens with one attached hydrogen (secondary N) is 2. The van der Waals surface area contributed by atoms with Gasteiger partial charge >= 0.3 is 0 Å². The van der Waals surface area contributed by atoms with Gasteiger partial charge in [0.1, 0.15) is 18.1 Å². The van der Waals surface area contributed by atoms with Crippen LogP contribution in [-0.4, -0.2) is 17.4 Å². The van der Waals surface area contributed by atoms with Gasteiger partial charge < -0.3 is 15.0 Å². The highest BCUT2D eigenvalue weighted by atomic mass is 16.5. The second-order valence-electron chi connectivity index (χ2n) is 5.21. The first-order valence-electron chi connectivity index (χ1n) is 7.45. The van der Waals surface area contributed by atoms with Gasteiger partial charge in [0.05, 0.1) is 0 Å². The number of ether oxygens (including phenoxy) is 1. The Labute approximate surface area is 134 Å². The van der Waals surface area contributed by atoms with Gasteiger partial charge in [0, 0.05) is 23.5 Å². The van der Waals surface area contributed by atoms with Crippen molar-refractivity contribution in [2.75, 3.05) is 6.54 Å². The lowest BCUT2D eigenvalue weighted by Gasteiger charge is -2.06. The number of H-pyrrole nitrogens is 1. The molecule has 4 heteroatoms. The highest BCUT2D eigenvalue weighted by Gasteiger charge is 2.09. The summed E-state index contributed by atoms with van der Waals surface area (Å²) in [6.45, 7) is 4.54. The fourth-order valence-corrected chi connectivity index (χ4v) is 2.32. The number of fused-ring (bicyclic) bond motifs is 1. The summed E-state index contributed by atoms with van der Waals surface area (Å²) in [5.74, 6) is 0.620. The summed E-state index contributed by atoms with van der Waals surface area (Å²) in [5.41, 5.74) is 2.52. The lowest BCUT2D eigenvalue weighted by atomic mass is 10.2. The number of aromatic nitrogens is 1. The molecular formula is C19H18N2O2. The van der Waals surface area contributed by atoms with E-state index in [4.69, 9.17) is 4.74 Å². The molecule has 2 N–H and O–H groups in total. The molecule has 0 bridgehead atoms. The van der Waals surface area contributed by atoms with Crippen molar-refractivity contribution >= 4 is 16.8 Å². The van der Waals surface area contributed by atoms with Gasteiger partial charge in [-0.2, -0.15) is 0 Å². The Morgan fingerprint density at radius 1 is 1.17 bits per heavy atom. The van der Waals surface area contributed by atoms with Crippen LogP contribution in [0, 0.1) is 0 Å². The number of carbonyl (C=O) groups is 1. The molecule has 0 fully saturated rings. The van der Waals surface area contributed by atoms with Crippen molar-refractivity contribution in [1.82, 2.24) is 10.3 Å². The molecule has 0 aliphatic heterocycles. The molecule has 1 aromatic heterocycles. The Morgan fingerprint density at radius 2 is 2.00 bits per heavy atom. The zero-order valence-electron chi connectivity index (χ0n) is 12.7. The molecule has 0 atom stereocenters. The molecule has 0 aliphatic rings. The van der Waals surface area contributed by atoms with Crippen LogP contribution in [0.1, 0.15) is 16.1 Å².